The average Bonchev–Trinajstić information content (AvgIpc) is 2.08. The number of ether oxygens (including phenoxy) is 1. The highest BCUT2D eigenvalue weighted by molar-refractivity contribution is 9.10. The summed E-state index contributed by atoms with van der Waals surface area (Å²) in [5.41, 5.74) is 0. The maximum Gasteiger partial charge on any atom is 0.236 e. The Balaban J connectivity index is 3.36. The predicted octanol–water partition coefficient (Wildman–Crippen LogP) is 0.854. The minimum atomic E-state index is -0.503. The summed E-state index contributed by atoms with van der Waals surface area (Å²) in [6.45, 7) is 6.34. The lowest BCUT2D eigenvalue weighted by atomic mass is 10.2. The topological polar surface area (TPSA) is 41.6 Å². The van der Waals surface area contributed by atoms with Crippen LogP contribution in [0.25, 0.3) is 0 Å². The van der Waals surface area contributed by atoms with Crippen LogP contribution in [-0.2, 0) is 9.53 Å². The van der Waals surface area contributed by atoms with Gasteiger partial charge in [0.05, 0.1) is 17.5 Å². The molecule has 0 saturated carbocycles. The molecule has 0 radical (unpaired) electrons. The van der Waals surface area contributed by atoms with E-state index in [0.29, 0.717) is 19.8 Å². The molecule has 0 bridgehead atoms. The second kappa shape index (κ2) is 7.19. The van der Waals surface area contributed by atoms with Gasteiger partial charge in [-0.25, -0.2) is 0 Å². The van der Waals surface area contributed by atoms with E-state index in [-0.39, 0.29) is 5.91 Å². The van der Waals surface area contributed by atoms with Gasteiger partial charge in [0.25, 0.3) is 0 Å². The first-order valence-corrected chi connectivity index (χ1v) is 5.83. The van der Waals surface area contributed by atoms with Crippen LogP contribution in [-0.4, -0.2) is 55.5 Å². The normalized spacial score (nSPS) is 11.9. The van der Waals surface area contributed by atoms with Crippen LogP contribution in [0.4, 0.5) is 0 Å². The first kappa shape index (κ1) is 14.9. The van der Waals surface area contributed by atoms with Crippen LogP contribution in [0.5, 0.6) is 0 Å². The summed E-state index contributed by atoms with van der Waals surface area (Å²) in [5, 5.41) is 2.79. The molecule has 15 heavy (non-hydrogen) atoms. The Bertz CT molecular complexity index is 190. The van der Waals surface area contributed by atoms with Crippen molar-refractivity contribution in [3.63, 3.8) is 0 Å². The van der Waals surface area contributed by atoms with E-state index in [4.69, 9.17) is 4.74 Å². The molecule has 0 heterocycles. The first-order chi connectivity index (χ1) is 6.84. The molecule has 4 nitrogen and oxygen atoms in total. The summed E-state index contributed by atoms with van der Waals surface area (Å²) in [4.78, 5) is 13.4. The van der Waals surface area contributed by atoms with Crippen molar-refractivity contribution in [2.24, 2.45) is 0 Å². The van der Waals surface area contributed by atoms with Crippen molar-refractivity contribution in [2.45, 2.75) is 18.2 Å². The fourth-order valence-electron chi connectivity index (χ4n) is 0.796. The summed E-state index contributed by atoms with van der Waals surface area (Å²) in [5.74, 6) is -0.0151. The Hall–Kier alpha value is -0.130. The van der Waals surface area contributed by atoms with Crippen LogP contribution >= 0.6 is 15.9 Å². The molecule has 0 aliphatic heterocycles. The molecular weight excluding hydrogens is 260 g/mol. The largest absolute Gasteiger partial charge is 0.378 e. The molecular formula is C10H21BrN2O2. The smallest absolute Gasteiger partial charge is 0.236 e. The molecule has 0 aromatic heterocycles. The van der Waals surface area contributed by atoms with E-state index in [0.717, 1.165) is 6.54 Å². The van der Waals surface area contributed by atoms with E-state index in [1.165, 1.54) is 0 Å². The Labute approximate surface area is 100 Å². The second-order valence-electron chi connectivity index (χ2n) is 4.14. The van der Waals surface area contributed by atoms with Crippen LogP contribution in [0, 0.1) is 0 Å². The molecule has 0 aliphatic rings. The van der Waals surface area contributed by atoms with Gasteiger partial charge in [0.1, 0.15) is 0 Å². The molecule has 0 unspecified atom stereocenters. The van der Waals surface area contributed by atoms with Crippen LogP contribution in [0.15, 0.2) is 0 Å². The number of amides is 1. The number of rotatable bonds is 7. The van der Waals surface area contributed by atoms with Crippen LogP contribution < -0.4 is 5.32 Å². The van der Waals surface area contributed by atoms with Crippen LogP contribution in [0.1, 0.15) is 13.8 Å². The third kappa shape index (κ3) is 8.84. The van der Waals surface area contributed by atoms with E-state index >= 15 is 0 Å². The number of likely N-dealkylation sites (N-methyl/N-ethyl adjacent to an activating group) is 1. The van der Waals surface area contributed by atoms with Gasteiger partial charge in [0.2, 0.25) is 5.91 Å². The molecule has 0 saturated heterocycles. The number of halogens is 1. The molecule has 0 rings (SSSR count). The number of nitrogens with one attached hydrogen (secondary N) is 1. The number of nitrogens with zero attached hydrogens (tertiary/aromatic N) is 1. The highest BCUT2D eigenvalue weighted by Gasteiger charge is 2.22. The van der Waals surface area contributed by atoms with E-state index in [2.05, 4.69) is 26.1 Å². The molecule has 0 spiro atoms. The van der Waals surface area contributed by atoms with Gasteiger partial charge in [0, 0.05) is 13.1 Å². The van der Waals surface area contributed by atoms with Crippen molar-refractivity contribution in [3.8, 4) is 0 Å². The quantitative estimate of drug-likeness (QED) is 0.556. The average molecular weight is 281 g/mol. The highest BCUT2D eigenvalue weighted by Crippen LogP contribution is 2.14. The molecule has 0 aromatic rings. The number of carbonyl (C=O) groups excluding carboxylic acids is 1. The minimum Gasteiger partial charge on any atom is -0.378 e. The maximum absolute atomic E-state index is 11.4. The fourth-order valence-corrected chi connectivity index (χ4v) is 0.936. The van der Waals surface area contributed by atoms with Crippen LogP contribution in [0.3, 0.4) is 0 Å². The Morgan fingerprint density at radius 3 is 2.47 bits per heavy atom. The predicted molar refractivity (Wildman–Crippen MR) is 65.4 cm³/mol. The Morgan fingerprint density at radius 1 is 1.40 bits per heavy atom. The standard InChI is InChI=1S/C10H21BrN2O2/c1-10(2,11)9(14)12-5-7-15-8-6-13(3)4/h5-8H2,1-4H3,(H,12,14). The lowest BCUT2D eigenvalue weighted by molar-refractivity contribution is -0.122. The van der Waals surface area contributed by atoms with E-state index in [1.54, 1.807) is 0 Å². The third-order valence-electron chi connectivity index (χ3n) is 1.75. The lowest BCUT2D eigenvalue weighted by Gasteiger charge is -2.16. The van der Waals surface area contributed by atoms with Crippen molar-refractivity contribution in [3.05, 3.63) is 0 Å². The van der Waals surface area contributed by atoms with E-state index < -0.39 is 4.32 Å². The van der Waals surface area contributed by atoms with Crippen molar-refractivity contribution >= 4 is 21.8 Å². The Morgan fingerprint density at radius 2 is 2.00 bits per heavy atom. The van der Waals surface area contributed by atoms with Crippen LogP contribution in [0.2, 0.25) is 0 Å². The van der Waals surface area contributed by atoms with Crippen molar-refractivity contribution < 1.29 is 9.53 Å². The Kier molecular flexibility index (Phi) is 7.13. The van der Waals surface area contributed by atoms with Gasteiger partial charge in [-0.2, -0.15) is 0 Å². The number of hydrogen-bond acceptors (Lipinski definition) is 3. The SMILES string of the molecule is CN(C)CCOCCNC(=O)C(C)(C)Br. The number of carbonyl (C=O) groups is 1. The summed E-state index contributed by atoms with van der Waals surface area (Å²) in [6.07, 6.45) is 0. The maximum atomic E-state index is 11.4. The zero-order chi connectivity index (χ0) is 11.9. The monoisotopic (exact) mass is 280 g/mol. The molecule has 0 aliphatic carbocycles. The molecule has 1 amide bonds. The van der Waals surface area contributed by atoms with Crippen molar-refractivity contribution in [1.82, 2.24) is 10.2 Å². The molecule has 0 aromatic carbocycles. The summed E-state index contributed by atoms with van der Waals surface area (Å²) < 4.78 is 4.83. The summed E-state index contributed by atoms with van der Waals surface area (Å²) >= 11 is 3.29. The third-order valence-corrected chi connectivity index (χ3v) is 2.11. The van der Waals surface area contributed by atoms with Gasteiger partial charge in [-0.3, -0.25) is 4.79 Å². The van der Waals surface area contributed by atoms with E-state index in [9.17, 15) is 4.79 Å². The van der Waals surface area contributed by atoms with E-state index in [1.807, 2.05) is 27.9 Å². The molecule has 5 heteroatoms. The second-order valence-corrected chi connectivity index (χ2v) is 6.13. The van der Waals surface area contributed by atoms with Gasteiger partial charge >= 0.3 is 0 Å². The van der Waals surface area contributed by atoms with Crippen molar-refractivity contribution in [1.29, 1.82) is 0 Å². The fraction of sp³-hybridized carbons (Fsp3) is 0.900. The zero-order valence-electron chi connectivity index (χ0n) is 9.97. The van der Waals surface area contributed by atoms with Crippen molar-refractivity contribution in [2.75, 3.05) is 40.4 Å². The summed E-state index contributed by atoms with van der Waals surface area (Å²) in [6, 6.07) is 0. The summed E-state index contributed by atoms with van der Waals surface area (Å²) in [7, 11) is 4.00. The molecule has 90 valence electrons. The number of alkyl halides is 1. The number of hydrogen-bond donors (Lipinski definition) is 1. The first-order valence-electron chi connectivity index (χ1n) is 5.03. The van der Waals surface area contributed by atoms with Gasteiger partial charge < -0.3 is 15.0 Å². The highest BCUT2D eigenvalue weighted by atomic mass is 79.9. The lowest BCUT2D eigenvalue weighted by Crippen LogP contribution is -2.39. The molecule has 0 atom stereocenters. The van der Waals surface area contributed by atoms with Gasteiger partial charge in [-0.1, -0.05) is 15.9 Å². The van der Waals surface area contributed by atoms with Gasteiger partial charge in [0.15, 0.2) is 0 Å². The molecule has 1 N–H and O–H groups in total. The van der Waals surface area contributed by atoms with Gasteiger partial charge in [-0.05, 0) is 27.9 Å². The van der Waals surface area contributed by atoms with Gasteiger partial charge in [-0.15, -0.1) is 0 Å². The zero-order valence-corrected chi connectivity index (χ0v) is 11.6. The molecule has 0 fully saturated rings. The minimum absolute atomic E-state index is 0.0151.